The summed E-state index contributed by atoms with van der Waals surface area (Å²) in [5.74, 6) is -1.21. The van der Waals surface area contributed by atoms with Crippen LogP contribution < -0.4 is 5.32 Å². The van der Waals surface area contributed by atoms with E-state index in [4.69, 9.17) is 5.26 Å². The molecule has 1 fully saturated rings. The van der Waals surface area contributed by atoms with E-state index in [2.05, 4.69) is 5.32 Å². The van der Waals surface area contributed by atoms with Crippen LogP contribution in [0.1, 0.15) is 0 Å². The maximum Gasteiger partial charge on any atom is 0.272 e. The Hall–Kier alpha value is -2.09. The molecule has 0 spiro atoms. The number of hydrogen-bond donors (Lipinski definition) is 1. The molecule has 1 aliphatic rings. The predicted molar refractivity (Wildman–Crippen MR) is 69.2 cm³/mol. The summed E-state index contributed by atoms with van der Waals surface area (Å²) < 4.78 is 39.6. The van der Waals surface area contributed by atoms with Crippen LogP contribution in [-0.2, 0) is 10.0 Å². The first-order valence-electron chi connectivity index (χ1n) is 5.94. The van der Waals surface area contributed by atoms with E-state index in [1.165, 1.54) is 0 Å². The fraction of sp³-hybridized carbons (Fsp3) is 0.364. The number of piperazine rings is 1. The SMILES string of the molecule is N#CC1CNCCN1S(=O)(=O)c1ccc([N+](=O)[O-])cc1F. The van der Waals surface area contributed by atoms with Gasteiger partial charge in [0.15, 0.2) is 0 Å². The minimum absolute atomic E-state index is 0.0248. The molecule has 0 bridgehead atoms. The number of benzene rings is 1. The molecular weight excluding hydrogens is 303 g/mol. The van der Waals surface area contributed by atoms with Crippen molar-refractivity contribution in [3.05, 3.63) is 34.1 Å². The maximum absolute atomic E-state index is 13.9. The molecule has 112 valence electrons. The van der Waals surface area contributed by atoms with Gasteiger partial charge in [-0.15, -0.1) is 0 Å². The lowest BCUT2D eigenvalue weighted by molar-refractivity contribution is -0.385. The van der Waals surface area contributed by atoms with E-state index in [1.807, 2.05) is 6.07 Å². The summed E-state index contributed by atoms with van der Waals surface area (Å²) in [6, 6.07) is 3.20. The van der Waals surface area contributed by atoms with Gasteiger partial charge in [-0.05, 0) is 6.07 Å². The fourth-order valence-corrected chi connectivity index (χ4v) is 3.61. The summed E-state index contributed by atoms with van der Waals surface area (Å²) in [6.07, 6.45) is 0. The lowest BCUT2D eigenvalue weighted by Gasteiger charge is -2.30. The first-order chi connectivity index (χ1) is 9.87. The Balaban J connectivity index is 2.44. The number of rotatable bonds is 3. The standard InChI is InChI=1S/C11H11FN4O4S/c12-10-5-8(16(17)18)1-2-11(10)21(19,20)15-4-3-14-7-9(15)6-13/h1-2,5,9,14H,3-4,7H2. The molecule has 10 heteroatoms. The summed E-state index contributed by atoms with van der Waals surface area (Å²) >= 11 is 0. The zero-order valence-corrected chi connectivity index (χ0v) is 11.5. The predicted octanol–water partition coefficient (Wildman–Crippen LogP) is 0.220. The number of nitro groups is 1. The van der Waals surface area contributed by atoms with Crippen molar-refractivity contribution >= 4 is 15.7 Å². The monoisotopic (exact) mass is 314 g/mol. The second kappa shape index (κ2) is 5.72. The summed E-state index contributed by atoms with van der Waals surface area (Å²) in [7, 11) is -4.22. The number of non-ortho nitro benzene ring substituents is 1. The first-order valence-corrected chi connectivity index (χ1v) is 7.38. The highest BCUT2D eigenvalue weighted by atomic mass is 32.2. The molecule has 1 N–H and O–H groups in total. The molecular formula is C11H11FN4O4S. The Labute approximate surface area is 120 Å². The van der Waals surface area contributed by atoms with Crippen LogP contribution in [0.4, 0.5) is 10.1 Å². The molecule has 0 saturated carbocycles. The van der Waals surface area contributed by atoms with Crippen molar-refractivity contribution in [1.82, 2.24) is 9.62 Å². The van der Waals surface area contributed by atoms with Crippen molar-refractivity contribution in [2.45, 2.75) is 10.9 Å². The van der Waals surface area contributed by atoms with Gasteiger partial charge in [0.2, 0.25) is 10.0 Å². The zero-order chi connectivity index (χ0) is 15.6. The van der Waals surface area contributed by atoms with Gasteiger partial charge in [0.05, 0.1) is 17.1 Å². The second-order valence-corrected chi connectivity index (χ2v) is 6.20. The van der Waals surface area contributed by atoms with Crippen molar-refractivity contribution in [3.63, 3.8) is 0 Å². The summed E-state index contributed by atoms with van der Waals surface area (Å²) in [5, 5.41) is 22.4. The minimum atomic E-state index is -4.22. The van der Waals surface area contributed by atoms with Crippen LogP contribution in [0.3, 0.4) is 0 Å². The quantitative estimate of drug-likeness (QED) is 0.630. The topological polar surface area (TPSA) is 116 Å². The summed E-state index contributed by atoms with van der Waals surface area (Å²) in [5.41, 5.74) is -0.538. The molecule has 21 heavy (non-hydrogen) atoms. The third kappa shape index (κ3) is 2.85. The van der Waals surface area contributed by atoms with E-state index in [0.29, 0.717) is 12.6 Å². The van der Waals surface area contributed by atoms with Crippen molar-refractivity contribution in [1.29, 1.82) is 5.26 Å². The Kier molecular flexibility index (Phi) is 4.17. The van der Waals surface area contributed by atoms with E-state index >= 15 is 0 Å². The Morgan fingerprint density at radius 2 is 2.24 bits per heavy atom. The van der Waals surface area contributed by atoms with Gasteiger partial charge >= 0.3 is 0 Å². The molecule has 1 aromatic carbocycles. The maximum atomic E-state index is 13.9. The number of nitro benzene ring substituents is 1. The lowest BCUT2D eigenvalue weighted by Crippen LogP contribution is -2.52. The number of hydrogen-bond acceptors (Lipinski definition) is 6. The molecule has 1 saturated heterocycles. The second-order valence-electron chi connectivity index (χ2n) is 4.34. The average Bonchev–Trinajstić information content (AvgIpc) is 2.46. The highest BCUT2D eigenvalue weighted by Crippen LogP contribution is 2.25. The molecule has 0 amide bonds. The van der Waals surface area contributed by atoms with Crippen LogP contribution in [0.5, 0.6) is 0 Å². The van der Waals surface area contributed by atoms with E-state index in [1.54, 1.807) is 0 Å². The lowest BCUT2D eigenvalue weighted by atomic mass is 10.3. The van der Waals surface area contributed by atoms with E-state index < -0.39 is 37.4 Å². The van der Waals surface area contributed by atoms with Crippen LogP contribution in [0, 0.1) is 27.3 Å². The molecule has 1 aromatic rings. The molecule has 1 heterocycles. The minimum Gasteiger partial charge on any atom is -0.313 e. The number of nitrogens with zero attached hydrogens (tertiary/aromatic N) is 3. The molecule has 0 radical (unpaired) electrons. The van der Waals surface area contributed by atoms with Crippen LogP contribution in [0.25, 0.3) is 0 Å². The van der Waals surface area contributed by atoms with Gasteiger partial charge in [-0.1, -0.05) is 0 Å². The molecule has 0 aliphatic carbocycles. The van der Waals surface area contributed by atoms with E-state index in [-0.39, 0.29) is 13.1 Å². The first kappa shape index (κ1) is 15.3. The van der Waals surface area contributed by atoms with Crippen LogP contribution in [0.15, 0.2) is 23.1 Å². The van der Waals surface area contributed by atoms with Gasteiger partial charge in [-0.2, -0.15) is 9.57 Å². The van der Waals surface area contributed by atoms with Gasteiger partial charge in [0.25, 0.3) is 5.69 Å². The molecule has 1 atom stereocenters. The van der Waals surface area contributed by atoms with Gasteiger partial charge in [0, 0.05) is 25.7 Å². The number of nitrogens with one attached hydrogen (secondary N) is 1. The Morgan fingerprint density at radius 1 is 1.52 bits per heavy atom. The molecule has 8 nitrogen and oxygen atoms in total. The Morgan fingerprint density at radius 3 is 2.81 bits per heavy atom. The van der Waals surface area contributed by atoms with Crippen LogP contribution in [0.2, 0.25) is 0 Å². The smallest absolute Gasteiger partial charge is 0.272 e. The highest BCUT2D eigenvalue weighted by Gasteiger charge is 2.35. The van der Waals surface area contributed by atoms with Crippen LogP contribution in [-0.4, -0.2) is 43.3 Å². The van der Waals surface area contributed by atoms with Crippen molar-refractivity contribution in [3.8, 4) is 6.07 Å². The number of halogens is 1. The van der Waals surface area contributed by atoms with E-state index in [0.717, 1.165) is 16.4 Å². The van der Waals surface area contributed by atoms with Gasteiger partial charge < -0.3 is 5.32 Å². The molecule has 1 unspecified atom stereocenters. The number of sulfonamides is 1. The van der Waals surface area contributed by atoms with E-state index in [9.17, 15) is 22.9 Å². The highest BCUT2D eigenvalue weighted by molar-refractivity contribution is 7.89. The van der Waals surface area contributed by atoms with Crippen molar-refractivity contribution in [2.75, 3.05) is 19.6 Å². The summed E-state index contributed by atoms with van der Waals surface area (Å²) in [6.45, 7) is 0.507. The normalized spacial score (nSPS) is 19.9. The fourth-order valence-electron chi connectivity index (χ4n) is 2.02. The Bertz CT molecular complexity index is 715. The molecule has 0 aromatic heterocycles. The molecule has 2 rings (SSSR count). The van der Waals surface area contributed by atoms with Gasteiger partial charge in [-0.3, -0.25) is 10.1 Å². The van der Waals surface area contributed by atoms with Crippen molar-refractivity contribution < 1.29 is 17.7 Å². The van der Waals surface area contributed by atoms with Gasteiger partial charge in [0.1, 0.15) is 16.8 Å². The van der Waals surface area contributed by atoms with Gasteiger partial charge in [-0.25, -0.2) is 12.8 Å². The zero-order valence-electron chi connectivity index (χ0n) is 10.7. The third-order valence-corrected chi connectivity index (χ3v) is 5.00. The number of nitriles is 1. The largest absolute Gasteiger partial charge is 0.313 e. The summed E-state index contributed by atoms with van der Waals surface area (Å²) in [4.78, 5) is 9.05. The van der Waals surface area contributed by atoms with Crippen molar-refractivity contribution in [2.24, 2.45) is 0 Å². The average molecular weight is 314 g/mol. The van der Waals surface area contributed by atoms with Crippen LogP contribution >= 0.6 is 0 Å². The molecule has 1 aliphatic heterocycles. The third-order valence-electron chi connectivity index (χ3n) is 3.06.